The van der Waals surface area contributed by atoms with Crippen LogP contribution in [0, 0.1) is 5.92 Å². The number of imidazole rings is 1. The monoisotopic (exact) mass is 468 g/mol. The van der Waals surface area contributed by atoms with Crippen molar-refractivity contribution in [2.24, 2.45) is 13.0 Å². The second-order valence-corrected chi connectivity index (χ2v) is 10.2. The first-order valence-corrected chi connectivity index (χ1v) is 11.9. The number of halogens is 1. The average Bonchev–Trinajstić information content (AvgIpc) is 3.07. The van der Waals surface area contributed by atoms with Crippen LogP contribution in [0.2, 0.25) is 5.02 Å². The van der Waals surface area contributed by atoms with Crippen molar-refractivity contribution < 1.29 is 13.5 Å². The zero-order chi connectivity index (χ0) is 22.9. The highest BCUT2D eigenvalue weighted by atomic mass is 35.5. The topological polar surface area (TPSA) is 116 Å². The van der Waals surface area contributed by atoms with E-state index in [-0.39, 0.29) is 54.1 Å². The normalized spacial score (nSPS) is 12.2. The van der Waals surface area contributed by atoms with Gasteiger partial charge in [0, 0.05) is 25.2 Å². The number of aromatic nitrogens is 4. The van der Waals surface area contributed by atoms with Gasteiger partial charge in [0.15, 0.2) is 11.2 Å². The molecule has 1 N–H and O–H groups in total. The van der Waals surface area contributed by atoms with E-state index >= 15 is 0 Å². The average molecular weight is 469 g/mol. The quantitative estimate of drug-likeness (QED) is 0.534. The Morgan fingerprint density at radius 1 is 1.13 bits per heavy atom. The molecule has 0 amide bonds. The summed E-state index contributed by atoms with van der Waals surface area (Å²) < 4.78 is 29.7. The number of hydrogen-bond donors (Lipinski definition) is 1. The Hall–Kier alpha value is -2.43. The minimum absolute atomic E-state index is 0.00606. The number of aliphatic hydroxyl groups is 1. The molecular weight excluding hydrogens is 444 g/mol. The first kappa shape index (κ1) is 23.2. The minimum atomic E-state index is -3.83. The maximum absolute atomic E-state index is 13.2. The molecule has 0 radical (unpaired) electrons. The fourth-order valence-electron chi connectivity index (χ4n) is 3.45. The molecule has 0 saturated carbocycles. The Morgan fingerprint density at radius 2 is 1.77 bits per heavy atom. The second kappa shape index (κ2) is 8.97. The molecule has 11 heteroatoms. The van der Waals surface area contributed by atoms with Crippen LogP contribution in [0.5, 0.6) is 0 Å². The van der Waals surface area contributed by atoms with Crippen molar-refractivity contribution in [1.29, 1.82) is 0 Å². The van der Waals surface area contributed by atoms with E-state index in [4.69, 9.17) is 16.7 Å². The summed E-state index contributed by atoms with van der Waals surface area (Å²) in [6.07, 6.45) is 0.213. The third-order valence-corrected chi connectivity index (χ3v) is 7.05. The largest absolute Gasteiger partial charge is 0.396 e. The molecule has 31 heavy (non-hydrogen) atoms. The molecule has 3 aromatic rings. The van der Waals surface area contributed by atoms with Gasteiger partial charge in [-0.3, -0.25) is 13.9 Å². The van der Waals surface area contributed by atoms with E-state index in [2.05, 4.69) is 4.98 Å². The van der Waals surface area contributed by atoms with Gasteiger partial charge in [-0.15, -0.1) is 0 Å². The van der Waals surface area contributed by atoms with Gasteiger partial charge in [-0.2, -0.15) is 4.98 Å². The number of nitrogens with zero attached hydrogens (tertiary/aromatic N) is 4. The molecule has 0 aliphatic carbocycles. The molecule has 0 spiro atoms. The van der Waals surface area contributed by atoms with E-state index in [0.29, 0.717) is 5.02 Å². The Kier molecular flexibility index (Phi) is 6.73. The minimum Gasteiger partial charge on any atom is -0.396 e. The predicted octanol–water partition coefficient (Wildman–Crippen LogP) is 1.41. The zero-order valence-corrected chi connectivity index (χ0v) is 19.1. The number of aryl methyl sites for hydroxylation is 1. The smallest absolute Gasteiger partial charge is 0.332 e. The standard InChI is InChI=1S/C20H25ClN4O5S/c1-13(2)12-31(29,30)19-22-17-16(25(19)11-14-5-7-15(21)8-6-14)18(27)24(9-4-10-26)20(28)23(17)3/h5-8,13,26H,4,9-12H2,1-3H3. The molecule has 0 bridgehead atoms. The molecule has 168 valence electrons. The van der Waals surface area contributed by atoms with E-state index in [9.17, 15) is 18.0 Å². The zero-order valence-electron chi connectivity index (χ0n) is 17.6. The van der Waals surface area contributed by atoms with Gasteiger partial charge >= 0.3 is 5.69 Å². The lowest BCUT2D eigenvalue weighted by Crippen LogP contribution is -2.40. The van der Waals surface area contributed by atoms with Crippen molar-refractivity contribution in [3.63, 3.8) is 0 Å². The lowest BCUT2D eigenvalue weighted by molar-refractivity contribution is 0.277. The Bertz CT molecular complexity index is 1320. The van der Waals surface area contributed by atoms with Crippen LogP contribution < -0.4 is 11.2 Å². The summed E-state index contributed by atoms with van der Waals surface area (Å²) >= 11 is 5.96. The van der Waals surface area contributed by atoms with E-state index in [1.54, 1.807) is 38.1 Å². The van der Waals surface area contributed by atoms with Crippen LogP contribution in [0.3, 0.4) is 0 Å². The number of rotatable bonds is 8. The van der Waals surface area contributed by atoms with Crippen molar-refractivity contribution in [2.75, 3.05) is 12.4 Å². The Morgan fingerprint density at radius 3 is 2.35 bits per heavy atom. The van der Waals surface area contributed by atoms with E-state index in [1.165, 1.54) is 16.2 Å². The SMILES string of the molecule is CC(C)CS(=O)(=O)c1nc2c(c(=O)n(CCCO)c(=O)n2C)n1Cc1ccc(Cl)cc1. The molecule has 1 aromatic carbocycles. The lowest BCUT2D eigenvalue weighted by Gasteiger charge is -2.12. The summed E-state index contributed by atoms with van der Waals surface area (Å²) in [5.41, 5.74) is -0.502. The molecule has 2 heterocycles. The maximum atomic E-state index is 13.2. The third kappa shape index (κ3) is 4.60. The number of aliphatic hydroxyl groups excluding tert-OH is 1. The van der Waals surface area contributed by atoms with E-state index < -0.39 is 21.1 Å². The summed E-state index contributed by atoms with van der Waals surface area (Å²) in [5.74, 6) is -0.303. The molecule has 0 saturated heterocycles. The highest BCUT2D eigenvalue weighted by Crippen LogP contribution is 2.21. The van der Waals surface area contributed by atoms with Gasteiger partial charge in [0.2, 0.25) is 15.0 Å². The highest BCUT2D eigenvalue weighted by molar-refractivity contribution is 7.91. The van der Waals surface area contributed by atoms with Gasteiger partial charge in [0.25, 0.3) is 5.56 Å². The molecule has 0 atom stereocenters. The van der Waals surface area contributed by atoms with Crippen LogP contribution in [0.25, 0.3) is 11.2 Å². The molecule has 0 fully saturated rings. The van der Waals surface area contributed by atoms with Crippen LogP contribution >= 0.6 is 11.6 Å². The highest BCUT2D eigenvalue weighted by Gasteiger charge is 2.28. The summed E-state index contributed by atoms with van der Waals surface area (Å²) in [4.78, 5) is 30.2. The fraction of sp³-hybridized carbons (Fsp3) is 0.450. The van der Waals surface area contributed by atoms with E-state index in [1.807, 2.05) is 0 Å². The van der Waals surface area contributed by atoms with Crippen molar-refractivity contribution in [2.45, 2.75) is 38.5 Å². The van der Waals surface area contributed by atoms with E-state index in [0.717, 1.165) is 10.1 Å². The number of benzene rings is 1. The molecule has 9 nitrogen and oxygen atoms in total. The Labute approximate surface area is 184 Å². The molecule has 2 aromatic heterocycles. The van der Waals surface area contributed by atoms with Gasteiger partial charge in [-0.05, 0) is 30.0 Å². The van der Waals surface area contributed by atoms with Gasteiger partial charge in [-0.25, -0.2) is 13.2 Å². The molecule has 0 aliphatic rings. The maximum Gasteiger partial charge on any atom is 0.332 e. The molecule has 0 aliphatic heterocycles. The number of fused-ring (bicyclic) bond motifs is 1. The first-order chi connectivity index (χ1) is 14.6. The van der Waals surface area contributed by atoms with Crippen LogP contribution in [0.4, 0.5) is 0 Å². The van der Waals surface area contributed by atoms with Crippen LogP contribution in [-0.4, -0.2) is 44.6 Å². The lowest BCUT2D eigenvalue weighted by atomic mass is 10.2. The van der Waals surface area contributed by atoms with Crippen molar-refractivity contribution in [3.05, 3.63) is 55.7 Å². The molecular formula is C20H25ClN4O5S. The second-order valence-electron chi connectivity index (χ2n) is 7.83. The number of sulfone groups is 1. The van der Waals surface area contributed by atoms with Gasteiger partial charge in [-0.1, -0.05) is 37.6 Å². The van der Waals surface area contributed by atoms with Crippen molar-refractivity contribution in [1.82, 2.24) is 18.7 Å². The number of hydrogen-bond acceptors (Lipinski definition) is 6. The summed E-state index contributed by atoms with van der Waals surface area (Å²) in [5, 5.41) is 9.40. The predicted molar refractivity (Wildman–Crippen MR) is 118 cm³/mol. The van der Waals surface area contributed by atoms with Crippen LogP contribution in [0.15, 0.2) is 39.0 Å². The first-order valence-electron chi connectivity index (χ1n) is 9.85. The Balaban J connectivity index is 2.35. The summed E-state index contributed by atoms with van der Waals surface area (Å²) in [6, 6.07) is 6.82. The van der Waals surface area contributed by atoms with Crippen LogP contribution in [-0.2, 0) is 30.0 Å². The van der Waals surface area contributed by atoms with Gasteiger partial charge < -0.3 is 9.67 Å². The molecule has 0 unspecified atom stereocenters. The van der Waals surface area contributed by atoms with Gasteiger partial charge in [0.05, 0.1) is 12.3 Å². The summed E-state index contributed by atoms with van der Waals surface area (Å²) in [6.45, 7) is 3.44. The summed E-state index contributed by atoms with van der Waals surface area (Å²) in [7, 11) is -2.39. The van der Waals surface area contributed by atoms with Gasteiger partial charge in [0.1, 0.15) is 0 Å². The third-order valence-electron chi connectivity index (χ3n) is 4.82. The molecule has 3 rings (SSSR count). The van der Waals surface area contributed by atoms with Crippen molar-refractivity contribution >= 4 is 32.6 Å². The van der Waals surface area contributed by atoms with Crippen molar-refractivity contribution in [3.8, 4) is 0 Å². The van der Waals surface area contributed by atoms with Crippen LogP contribution in [0.1, 0.15) is 25.8 Å². The fourth-order valence-corrected chi connectivity index (χ4v) is 5.32.